The Morgan fingerprint density at radius 1 is 1.29 bits per heavy atom. The molecule has 3 amide bonds. The van der Waals surface area contributed by atoms with Crippen molar-refractivity contribution < 1.29 is 23.9 Å². The predicted molar refractivity (Wildman–Crippen MR) is 110 cm³/mol. The Labute approximate surface area is 182 Å². The number of hydrogen-bond donors (Lipinski definition) is 1. The highest BCUT2D eigenvalue weighted by atomic mass is 16.6. The lowest BCUT2D eigenvalue weighted by Gasteiger charge is -2.35. The second-order valence-corrected chi connectivity index (χ2v) is 8.94. The number of ether oxygens (including phenoxy) is 2. The van der Waals surface area contributed by atoms with Crippen LogP contribution in [-0.4, -0.2) is 87.0 Å². The average Bonchev–Trinajstić information content (AvgIpc) is 3.14. The van der Waals surface area contributed by atoms with Crippen molar-refractivity contribution in [2.75, 3.05) is 32.8 Å². The van der Waals surface area contributed by atoms with Gasteiger partial charge in [-0.1, -0.05) is 0 Å². The van der Waals surface area contributed by atoms with Gasteiger partial charge in [0.25, 0.3) is 0 Å². The molecule has 172 valence electrons. The summed E-state index contributed by atoms with van der Waals surface area (Å²) in [6, 6.07) is -0.498. The third-order valence-electron chi connectivity index (χ3n) is 5.09. The van der Waals surface area contributed by atoms with Crippen LogP contribution in [0.1, 0.15) is 52.4 Å². The number of carbonyl (C=O) groups is 3. The van der Waals surface area contributed by atoms with Crippen molar-refractivity contribution in [2.24, 2.45) is 0 Å². The number of amides is 3. The molecule has 2 atom stereocenters. The van der Waals surface area contributed by atoms with Crippen LogP contribution in [-0.2, 0) is 25.6 Å². The minimum absolute atomic E-state index is 0.0247. The maximum Gasteiger partial charge on any atom is 0.411 e. The zero-order valence-electron chi connectivity index (χ0n) is 18.7. The van der Waals surface area contributed by atoms with Gasteiger partial charge in [0.1, 0.15) is 24.5 Å². The molecule has 0 spiro atoms. The van der Waals surface area contributed by atoms with Gasteiger partial charge in [-0.3, -0.25) is 14.5 Å². The fraction of sp³-hybridized carbons (Fsp3) is 0.750. The summed E-state index contributed by atoms with van der Waals surface area (Å²) in [5.74, 6) is 0.230. The Balaban J connectivity index is 1.62. The van der Waals surface area contributed by atoms with E-state index >= 15 is 0 Å². The first kappa shape index (κ1) is 23.0. The lowest BCUT2D eigenvalue weighted by molar-refractivity contribution is -0.134. The van der Waals surface area contributed by atoms with Crippen LogP contribution in [0, 0.1) is 0 Å². The highest BCUT2D eigenvalue weighted by molar-refractivity contribution is 5.76. The monoisotopic (exact) mass is 436 g/mol. The van der Waals surface area contributed by atoms with E-state index in [-0.39, 0.29) is 31.0 Å². The Bertz CT molecular complexity index is 804. The number of likely N-dealkylation sites (tertiary alicyclic amines) is 1. The van der Waals surface area contributed by atoms with E-state index in [0.717, 1.165) is 12.8 Å². The van der Waals surface area contributed by atoms with Gasteiger partial charge in [-0.15, -0.1) is 0 Å². The third kappa shape index (κ3) is 6.39. The SMILES string of the molecule is CC(=O)N[C@@H]1CCCN(C(=O)Cn2cnc([C@@H]3COCCN3C(=O)OC(C)(C)C)n2)C1. The lowest BCUT2D eigenvalue weighted by Crippen LogP contribution is -2.50. The van der Waals surface area contributed by atoms with Crippen molar-refractivity contribution in [1.29, 1.82) is 0 Å². The molecule has 31 heavy (non-hydrogen) atoms. The fourth-order valence-corrected chi connectivity index (χ4v) is 3.74. The Hall–Kier alpha value is -2.69. The van der Waals surface area contributed by atoms with Crippen LogP contribution < -0.4 is 5.32 Å². The van der Waals surface area contributed by atoms with E-state index in [2.05, 4.69) is 15.4 Å². The number of hydrogen-bond acceptors (Lipinski definition) is 7. The van der Waals surface area contributed by atoms with Crippen LogP contribution in [0.3, 0.4) is 0 Å². The summed E-state index contributed by atoms with van der Waals surface area (Å²) in [7, 11) is 0. The highest BCUT2D eigenvalue weighted by Crippen LogP contribution is 2.24. The van der Waals surface area contributed by atoms with Crippen molar-refractivity contribution in [3.8, 4) is 0 Å². The standard InChI is InChI=1S/C20H32N6O5/c1-14(27)22-15-6-5-7-24(10-15)17(28)11-25-13-21-18(23-25)16-12-30-9-8-26(16)19(29)31-20(2,3)4/h13,15-16H,5-12H2,1-4H3,(H,22,27)/t15-,16+/m1/s1. The molecule has 2 fully saturated rings. The molecule has 11 nitrogen and oxygen atoms in total. The third-order valence-corrected chi connectivity index (χ3v) is 5.09. The molecule has 3 rings (SSSR count). The second kappa shape index (κ2) is 9.63. The number of piperidine rings is 1. The van der Waals surface area contributed by atoms with Crippen molar-refractivity contribution in [3.63, 3.8) is 0 Å². The molecule has 2 aliphatic heterocycles. The maximum absolute atomic E-state index is 12.7. The summed E-state index contributed by atoms with van der Waals surface area (Å²) in [5.41, 5.74) is -0.608. The molecular weight excluding hydrogens is 404 g/mol. The molecule has 0 bridgehead atoms. The van der Waals surface area contributed by atoms with Gasteiger partial charge in [0, 0.05) is 32.6 Å². The van der Waals surface area contributed by atoms with Gasteiger partial charge in [0.05, 0.1) is 13.2 Å². The molecule has 0 aliphatic carbocycles. The van der Waals surface area contributed by atoms with E-state index in [1.165, 1.54) is 17.9 Å². The van der Waals surface area contributed by atoms with Gasteiger partial charge in [0.15, 0.2) is 5.82 Å². The Kier molecular flexibility index (Phi) is 7.14. The van der Waals surface area contributed by atoms with Crippen LogP contribution in [0.4, 0.5) is 4.79 Å². The van der Waals surface area contributed by atoms with E-state index in [0.29, 0.717) is 32.1 Å². The second-order valence-electron chi connectivity index (χ2n) is 8.94. The maximum atomic E-state index is 12.7. The molecule has 2 saturated heterocycles. The Morgan fingerprint density at radius 3 is 2.77 bits per heavy atom. The molecule has 1 aromatic heterocycles. The molecule has 1 N–H and O–H groups in total. The summed E-state index contributed by atoms with van der Waals surface area (Å²) in [6.45, 7) is 9.17. The van der Waals surface area contributed by atoms with Gasteiger partial charge < -0.3 is 19.7 Å². The van der Waals surface area contributed by atoms with Crippen LogP contribution in [0.25, 0.3) is 0 Å². The zero-order chi connectivity index (χ0) is 22.6. The summed E-state index contributed by atoms with van der Waals surface area (Å²) in [4.78, 5) is 44.2. The molecule has 1 aromatic rings. The lowest BCUT2D eigenvalue weighted by atomic mass is 10.1. The molecule has 0 aromatic carbocycles. The van der Waals surface area contributed by atoms with Crippen molar-refractivity contribution in [3.05, 3.63) is 12.2 Å². The minimum Gasteiger partial charge on any atom is -0.444 e. The molecule has 2 aliphatic rings. The number of nitrogens with zero attached hydrogens (tertiary/aromatic N) is 5. The number of carbonyl (C=O) groups excluding carboxylic acids is 3. The summed E-state index contributed by atoms with van der Waals surface area (Å²) >= 11 is 0. The van der Waals surface area contributed by atoms with E-state index < -0.39 is 17.7 Å². The Morgan fingerprint density at radius 2 is 2.06 bits per heavy atom. The quantitative estimate of drug-likeness (QED) is 0.738. The smallest absolute Gasteiger partial charge is 0.411 e. The first-order valence-corrected chi connectivity index (χ1v) is 10.6. The van der Waals surface area contributed by atoms with Crippen molar-refractivity contribution >= 4 is 17.9 Å². The molecule has 11 heteroatoms. The molecule has 0 unspecified atom stereocenters. The molecule has 0 radical (unpaired) electrons. The van der Waals surface area contributed by atoms with Crippen LogP contribution in [0.2, 0.25) is 0 Å². The van der Waals surface area contributed by atoms with Crippen molar-refractivity contribution in [2.45, 2.75) is 64.8 Å². The first-order valence-electron chi connectivity index (χ1n) is 10.6. The normalized spacial score (nSPS) is 22.2. The van der Waals surface area contributed by atoms with E-state index in [1.54, 1.807) is 9.80 Å². The first-order chi connectivity index (χ1) is 14.6. The van der Waals surface area contributed by atoms with E-state index in [9.17, 15) is 14.4 Å². The van der Waals surface area contributed by atoms with Crippen LogP contribution >= 0.6 is 0 Å². The number of rotatable bonds is 4. The van der Waals surface area contributed by atoms with Crippen molar-refractivity contribution in [1.82, 2.24) is 29.9 Å². The zero-order valence-corrected chi connectivity index (χ0v) is 18.7. The summed E-state index contributed by atoms with van der Waals surface area (Å²) in [6.07, 6.45) is 2.75. The van der Waals surface area contributed by atoms with Gasteiger partial charge >= 0.3 is 6.09 Å². The van der Waals surface area contributed by atoms with Crippen LogP contribution in [0.5, 0.6) is 0 Å². The topological polar surface area (TPSA) is 119 Å². The molecular formula is C20H32N6O5. The average molecular weight is 437 g/mol. The number of aromatic nitrogens is 3. The van der Waals surface area contributed by atoms with Gasteiger partial charge in [-0.25, -0.2) is 14.5 Å². The molecule has 3 heterocycles. The molecule has 0 saturated carbocycles. The van der Waals surface area contributed by atoms with E-state index in [4.69, 9.17) is 9.47 Å². The predicted octanol–water partition coefficient (Wildman–Crippen LogP) is 0.714. The van der Waals surface area contributed by atoms with Crippen LogP contribution in [0.15, 0.2) is 6.33 Å². The van der Waals surface area contributed by atoms with Gasteiger partial charge in [0.2, 0.25) is 11.8 Å². The highest BCUT2D eigenvalue weighted by Gasteiger charge is 2.34. The minimum atomic E-state index is -0.608. The van der Waals surface area contributed by atoms with E-state index in [1.807, 2.05) is 20.8 Å². The largest absolute Gasteiger partial charge is 0.444 e. The van der Waals surface area contributed by atoms with Gasteiger partial charge in [-0.2, -0.15) is 5.10 Å². The van der Waals surface area contributed by atoms with Gasteiger partial charge in [-0.05, 0) is 33.6 Å². The fourth-order valence-electron chi connectivity index (χ4n) is 3.74. The summed E-state index contributed by atoms with van der Waals surface area (Å²) in [5, 5.41) is 7.30. The number of nitrogens with one attached hydrogen (secondary N) is 1. The summed E-state index contributed by atoms with van der Waals surface area (Å²) < 4.78 is 12.5. The number of morpholine rings is 1.